The van der Waals surface area contributed by atoms with E-state index in [2.05, 4.69) is 221 Å². The Morgan fingerprint density at radius 3 is 1.39 bits per heavy atom. The van der Waals surface area contributed by atoms with Crippen LogP contribution in [0.2, 0.25) is 0 Å². The van der Waals surface area contributed by atoms with Crippen molar-refractivity contribution in [1.29, 1.82) is 0 Å². The standard InChI is InChI=1S/C51H43N3/c1-49(2,3)40-33-45(50(37-23-11-6-12-24-37,38-25-13-7-14-26-38)39-27-15-8-16-28-39)52-46(34-40)51(47-35-54(4)48(53-47)36-21-9-5-10-22-36)43-31-19-17-29-41(43)42-30-18-20-32-44(42)51/h5-35H,1-4H3. The van der Waals surface area contributed by atoms with E-state index in [1.54, 1.807) is 0 Å². The number of aryl methyl sites for hydroxylation is 1. The second kappa shape index (κ2) is 13.0. The second-order valence-corrected chi connectivity index (χ2v) is 15.5. The number of hydrogen-bond acceptors (Lipinski definition) is 2. The number of rotatable bonds is 7. The molecule has 6 aromatic carbocycles. The SMILES string of the molecule is Cn1cc(C2(c3cc(C(C)(C)C)cc(C(c4ccccc4)(c4ccccc4)c4ccccc4)n3)c3ccccc3-c3ccccc32)nc1-c1ccccc1. The molecule has 0 aliphatic heterocycles. The summed E-state index contributed by atoms with van der Waals surface area (Å²) in [5.74, 6) is 0.922. The third-order valence-electron chi connectivity index (χ3n) is 11.3. The Morgan fingerprint density at radius 2 is 0.907 bits per heavy atom. The molecule has 2 heterocycles. The molecule has 0 fully saturated rings. The number of fused-ring (bicyclic) bond motifs is 3. The summed E-state index contributed by atoms with van der Waals surface area (Å²) < 4.78 is 2.17. The van der Waals surface area contributed by atoms with Crippen LogP contribution in [-0.4, -0.2) is 14.5 Å². The van der Waals surface area contributed by atoms with Gasteiger partial charge in [-0.2, -0.15) is 0 Å². The maximum Gasteiger partial charge on any atom is 0.140 e. The summed E-state index contributed by atoms with van der Waals surface area (Å²) in [6, 6.07) is 65.7. The van der Waals surface area contributed by atoms with Crippen LogP contribution < -0.4 is 0 Å². The molecule has 0 atom stereocenters. The Kier molecular flexibility index (Phi) is 8.05. The molecule has 2 aromatic heterocycles. The lowest BCUT2D eigenvalue weighted by Crippen LogP contribution is -2.36. The van der Waals surface area contributed by atoms with E-state index < -0.39 is 10.8 Å². The van der Waals surface area contributed by atoms with Crippen molar-refractivity contribution in [2.75, 3.05) is 0 Å². The maximum absolute atomic E-state index is 6.04. The van der Waals surface area contributed by atoms with Gasteiger partial charge in [-0.05, 0) is 62.1 Å². The molecule has 9 rings (SSSR count). The zero-order valence-electron chi connectivity index (χ0n) is 31.2. The molecule has 3 nitrogen and oxygen atoms in total. The fourth-order valence-corrected chi connectivity index (χ4v) is 8.78. The second-order valence-electron chi connectivity index (χ2n) is 15.5. The van der Waals surface area contributed by atoms with E-state index in [-0.39, 0.29) is 5.41 Å². The van der Waals surface area contributed by atoms with E-state index in [4.69, 9.17) is 9.97 Å². The molecule has 8 aromatic rings. The highest BCUT2D eigenvalue weighted by Gasteiger charge is 2.51. The van der Waals surface area contributed by atoms with E-state index in [0.29, 0.717) is 0 Å². The van der Waals surface area contributed by atoms with Gasteiger partial charge in [0.15, 0.2) is 0 Å². The Bertz CT molecular complexity index is 2440. The van der Waals surface area contributed by atoms with Gasteiger partial charge in [-0.1, -0.05) is 191 Å². The minimum atomic E-state index is -0.802. The average molecular weight is 698 g/mol. The first-order valence-electron chi connectivity index (χ1n) is 18.8. The molecule has 0 amide bonds. The lowest BCUT2D eigenvalue weighted by Gasteiger charge is -2.39. The van der Waals surface area contributed by atoms with Crippen LogP contribution in [0.25, 0.3) is 22.5 Å². The quantitative estimate of drug-likeness (QED) is 0.155. The number of aromatic nitrogens is 3. The van der Waals surface area contributed by atoms with Crippen molar-refractivity contribution in [2.24, 2.45) is 7.05 Å². The summed E-state index contributed by atoms with van der Waals surface area (Å²) in [4.78, 5) is 11.6. The highest BCUT2D eigenvalue weighted by Crippen LogP contribution is 2.56. The van der Waals surface area contributed by atoms with Gasteiger partial charge in [-0.25, -0.2) is 4.98 Å². The van der Waals surface area contributed by atoms with E-state index in [0.717, 1.165) is 45.2 Å². The van der Waals surface area contributed by atoms with Crippen LogP contribution in [0.3, 0.4) is 0 Å². The number of imidazole rings is 1. The lowest BCUT2D eigenvalue weighted by atomic mass is 9.65. The third-order valence-corrected chi connectivity index (χ3v) is 11.3. The zero-order valence-corrected chi connectivity index (χ0v) is 31.2. The van der Waals surface area contributed by atoms with Gasteiger partial charge in [-0.3, -0.25) is 4.98 Å². The van der Waals surface area contributed by atoms with E-state index in [1.165, 1.54) is 27.8 Å². The summed E-state index contributed by atoms with van der Waals surface area (Å²) in [5, 5.41) is 0. The highest BCUT2D eigenvalue weighted by molar-refractivity contribution is 5.85. The molecule has 0 saturated heterocycles. The third kappa shape index (κ3) is 5.10. The van der Waals surface area contributed by atoms with Crippen molar-refractivity contribution in [2.45, 2.75) is 37.0 Å². The summed E-state index contributed by atoms with van der Waals surface area (Å²) >= 11 is 0. The van der Waals surface area contributed by atoms with Crippen LogP contribution in [0.4, 0.5) is 0 Å². The van der Waals surface area contributed by atoms with Gasteiger partial charge in [-0.15, -0.1) is 0 Å². The molecule has 0 unspecified atom stereocenters. The fraction of sp³-hybridized carbons (Fsp3) is 0.137. The maximum atomic E-state index is 6.04. The van der Waals surface area contributed by atoms with Crippen LogP contribution in [-0.2, 0) is 23.3 Å². The molecule has 262 valence electrons. The molecule has 1 aliphatic carbocycles. The Balaban J connectivity index is 1.46. The summed E-state index contributed by atoms with van der Waals surface area (Å²) in [6.45, 7) is 6.92. The number of pyridine rings is 1. The van der Waals surface area contributed by atoms with Crippen molar-refractivity contribution in [3.05, 3.63) is 239 Å². The van der Waals surface area contributed by atoms with Crippen LogP contribution in [0.1, 0.15) is 71.2 Å². The Hall–Kier alpha value is -6.32. The predicted molar refractivity (Wildman–Crippen MR) is 221 cm³/mol. The molecule has 0 N–H and O–H groups in total. The number of nitrogens with zero attached hydrogens (tertiary/aromatic N) is 3. The van der Waals surface area contributed by atoms with Gasteiger partial charge in [0.2, 0.25) is 0 Å². The molecule has 0 spiro atoms. The Morgan fingerprint density at radius 1 is 0.463 bits per heavy atom. The van der Waals surface area contributed by atoms with Gasteiger partial charge in [0, 0.05) is 18.8 Å². The smallest absolute Gasteiger partial charge is 0.140 e. The topological polar surface area (TPSA) is 30.7 Å². The van der Waals surface area contributed by atoms with E-state index in [9.17, 15) is 0 Å². The Labute approximate surface area is 318 Å². The summed E-state index contributed by atoms with van der Waals surface area (Å²) in [5.41, 5.74) is 11.8. The summed E-state index contributed by atoms with van der Waals surface area (Å²) in [7, 11) is 2.11. The molecule has 0 saturated carbocycles. The molecular formula is C51H43N3. The number of benzene rings is 6. The molecule has 54 heavy (non-hydrogen) atoms. The van der Waals surface area contributed by atoms with Crippen LogP contribution in [0.5, 0.6) is 0 Å². The van der Waals surface area contributed by atoms with Gasteiger partial charge in [0.1, 0.15) is 11.2 Å². The fourth-order valence-electron chi connectivity index (χ4n) is 8.78. The van der Waals surface area contributed by atoms with Crippen molar-refractivity contribution in [1.82, 2.24) is 14.5 Å². The minimum Gasteiger partial charge on any atom is -0.334 e. The van der Waals surface area contributed by atoms with E-state index in [1.807, 2.05) is 0 Å². The van der Waals surface area contributed by atoms with Gasteiger partial charge < -0.3 is 4.57 Å². The average Bonchev–Trinajstić information content (AvgIpc) is 3.75. The molecule has 1 aliphatic rings. The lowest BCUT2D eigenvalue weighted by molar-refractivity contribution is 0.576. The highest BCUT2D eigenvalue weighted by atomic mass is 15.1. The van der Waals surface area contributed by atoms with Crippen molar-refractivity contribution in [3.63, 3.8) is 0 Å². The van der Waals surface area contributed by atoms with Crippen LogP contribution in [0.15, 0.2) is 188 Å². The molecule has 0 bridgehead atoms. The van der Waals surface area contributed by atoms with Gasteiger partial charge >= 0.3 is 0 Å². The summed E-state index contributed by atoms with van der Waals surface area (Å²) in [6.07, 6.45) is 2.23. The van der Waals surface area contributed by atoms with Crippen molar-refractivity contribution in [3.8, 4) is 22.5 Å². The monoisotopic (exact) mass is 697 g/mol. The normalized spacial score (nSPS) is 13.3. The van der Waals surface area contributed by atoms with Crippen LogP contribution >= 0.6 is 0 Å². The first kappa shape index (κ1) is 33.5. The minimum absolute atomic E-state index is 0.194. The predicted octanol–water partition coefficient (Wildman–Crippen LogP) is 11.5. The van der Waals surface area contributed by atoms with Gasteiger partial charge in [0.25, 0.3) is 0 Å². The van der Waals surface area contributed by atoms with E-state index >= 15 is 0 Å². The first-order valence-corrected chi connectivity index (χ1v) is 18.8. The largest absolute Gasteiger partial charge is 0.334 e. The first-order chi connectivity index (χ1) is 26.3. The number of hydrogen-bond donors (Lipinski definition) is 0. The molecule has 0 radical (unpaired) electrons. The zero-order chi connectivity index (χ0) is 36.9. The van der Waals surface area contributed by atoms with Crippen LogP contribution in [0, 0.1) is 0 Å². The molecular weight excluding hydrogens is 655 g/mol. The van der Waals surface area contributed by atoms with Gasteiger partial charge in [0.05, 0.1) is 22.5 Å². The molecule has 3 heteroatoms. The van der Waals surface area contributed by atoms with Crippen molar-refractivity contribution < 1.29 is 0 Å². The van der Waals surface area contributed by atoms with Crippen molar-refractivity contribution >= 4 is 0 Å².